The zero-order valence-electron chi connectivity index (χ0n) is 27.2. The van der Waals surface area contributed by atoms with E-state index >= 15 is 0 Å². The van der Waals surface area contributed by atoms with Gasteiger partial charge in [-0.1, -0.05) is 0 Å². The van der Waals surface area contributed by atoms with Crippen molar-refractivity contribution in [2.45, 2.75) is 192 Å². The summed E-state index contributed by atoms with van der Waals surface area (Å²) in [7, 11) is -1.98. The summed E-state index contributed by atoms with van der Waals surface area (Å²) in [4.78, 5) is 0. The van der Waals surface area contributed by atoms with Gasteiger partial charge in [-0.05, 0) is 0 Å². The Labute approximate surface area is 275 Å². The minimum absolute atomic E-state index is 0.142. The molecule has 0 bridgehead atoms. The molecule has 0 aromatic heterocycles. The average Bonchev–Trinajstić information content (AvgIpc) is 3.89. The second-order valence-corrected chi connectivity index (χ2v) is 30.5. The number of halogens is 2. The van der Waals surface area contributed by atoms with Gasteiger partial charge in [-0.25, -0.2) is 0 Å². The van der Waals surface area contributed by atoms with Gasteiger partial charge in [0.1, 0.15) is 0 Å². The molecular weight excluding hydrogens is 601 g/mol. The van der Waals surface area contributed by atoms with Crippen LogP contribution >= 0.6 is 36.1 Å². The molecule has 0 aliphatic heterocycles. The van der Waals surface area contributed by atoms with E-state index in [-0.39, 0.29) is 4.62 Å². The zero-order valence-corrected chi connectivity index (χ0v) is 30.6. The molecule has 0 spiro atoms. The second-order valence-electron chi connectivity index (χ2n) is 16.4. The van der Waals surface area contributed by atoms with Crippen molar-refractivity contribution in [1.29, 1.82) is 0 Å². The van der Waals surface area contributed by atoms with Crippen molar-refractivity contribution in [1.82, 2.24) is 0 Å². The summed E-state index contributed by atoms with van der Waals surface area (Å²) >= 11 is 18.2. The molecule has 6 fully saturated rings. The number of hydrogen-bond acceptors (Lipinski definition) is 0. The molecule has 0 amide bonds. The third kappa shape index (κ3) is 5.02. The van der Waals surface area contributed by atoms with Crippen LogP contribution in [0.2, 0.25) is 0 Å². The van der Waals surface area contributed by atoms with Gasteiger partial charge in [0.2, 0.25) is 0 Å². The maximum absolute atomic E-state index is 9.59. The number of alkyl halides is 1. The van der Waals surface area contributed by atoms with E-state index in [4.69, 9.17) is 11.6 Å². The Hall–Kier alpha value is 0.400. The summed E-state index contributed by atoms with van der Waals surface area (Å²) in [6.07, 6.45) is 39.7. The Kier molecular flexibility index (Phi) is 9.76. The fourth-order valence-electron chi connectivity index (χ4n) is 13.5. The Morgan fingerprint density at radius 2 is 1.00 bits per heavy atom. The van der Waals surface area contributed by atoms with Crippen molar-refractivity contribution in [3.63, 3.8) is 0 Å². The SMILES string of the molecule is ClC1(P(Cl)(C2CCCC2)(C2CCCC2)C(C=Cc2ccccc2)[PH](C2CCCC2)(C2CCCC2)C2CCCC2)CCCC1. The molecule has 1 aromatic rings. The number of rotatable bonds is 10. The predicted octanol–water partition coefficient (Wildman–Crippen LogP) is 13.7. The molecule has 6 saturated carbocycles. The minimum atomic E-state index is -3.08. The van der Waals surface area contributed by atoms with Crippen LogP contribution in [0, 0.1) is 0 Å². The predicted molar refractivity (Wildman–Crippen MR) is 199 cm³/mol. The first-order valence-electron chi connectivity index (χ1n) is 19.2. The quantitative estimate of drug-likeness (QED) is 0.173. The van der Waals surface area contributed by atoms with Gasteiger partial charge in [0, 0.05) is 0 Å². The van der Waals surface area contributed by atoms with Crippen molar-refractivity contribution >= 4 is 42.1 Å². The van der Waals surface area contributed by atoms with Gasteiger partial charge in [-0.2, -0.15) is 0 Å². The van der Waals surface area contributed by atoms with Gasteiger partial charge in [0.25, 0.3) is 0 Å². The van der Waals surface area contributed by atoms with E-state index in [1.807, 2.05) is 0 Å². The van der Waals surface area contributed by atoms with Crippen molar-refractivity contribution < 1.29 is 0 Å². The van der Waals surface area contributed by atoms with Gasteiger partial charge in [0.05, 0.1) is 0 Å². The summed E-state index contributed by atoms with van der Waals surface area (Å²) in [6, 6.07) is 11.4. The van der Waals surface area contributed by atoms with Gasteiger partial charge in [-0.15, -0.1) is 0 Å². The summed E-state index contributed by atoms with van der Waals surface area (Å²) in [5.41, 5.74) is 5.74. The van der Waals surface area contributed by atoms with Crippen LogP contribution in [0.4, 0.5) is 0 Å². The zero-order chi connectivity index (χ0) is 29.4. The van der Waals surface area contributed by atoms with Crippen molar-refractivity contribution in [2.24, 2.45) is 0 Å². The molecule has 7 rings (SSSR count). The third-order valence-corrected chi connectivity index (χ3v) is 38.0. The van der Waals surface area contributed by atoms with Crippen LogP contribution in [0.1, 0.15) is 160 Å². The van der Waals surface area contributed by atoms with Crippen LogP contribution in [0.15, 0.2) is 36.4 Å². The molecule has 0 nitrogen and oxygen atoms in total. The molecule has 43 heavy (non-hydrogen) atoms. The summed E-state index contributed by atoms with van der Waals surface area (Å²) < 4.78 is -0.142. The summed E-state index contributed by atoms with van der Waals surface area (Å²) in [6.45, 7) is 0. The first-order chi connectivity index (χ1) is 21.0. The molecule has 1 unspecified atom stereocenters. The Morgan fingerprint density at radius 3 is 1.42 bits per heavy atom. The number of benzene rings is 1. The molecule has 6 aliphatic rings. The third-order valence-electron chi connectivity index (χ3n) is 14.9. The molecule has 1 aromatic carbocycles. The first kappa shape index (κ1) is 32.0. The van der Waals surface area contributed by atoms with E-state index in [1.54, 1.807) is 0 Å². The second kappa shape index (κ2) is 13.1. The molecule has 4 heteroatoms. The van der Waals surface area contributed by atoms with Crippen LogP contribution in [-0.2, 0) is 0 Å². The van der Waals surface area contributed by atoms with Crippen LogP contribution in [-0.4, -0.2) is 38.3 Å². The van der Waals surface area contributed by atoms with E-state index in [9.17, 15) is 11.2 Å². The van der Waals surface area contributed by atoms with Gasteiger partial charge >= 0.3 is 277 Å². The fraction of sp³-hybridized carbons (Fsp3) is 0.795. The molecule has 0 N–H and O–H groups in total. The molecule has 0 saturated heterocycles. The van der Waals surface area contributed by atoms with E-state index in [0.29, 0.717) is 16.7 Å². The Bertz CT molecular complexity index is 1020. The average molecular weight is 664 g/mol. The van der Waals surface area contributed by atoms with Crippen molar-refractivity contribution in [2.75, 3.05) is 0 Å². The standard InChI is InChI=1S/C39H62Cl2P2/c40-39(30-14-15-31-39)43(41,36-24-10-11-25-36,37-26-12-13-27-37)38(29-28-32-16-2-1-3-17-32)42(33-18-4-5-19-33,34-20-6-7-21-34)35-22-8-9-23-35/h1-3,16-17,28-29,33-38,42H,4-15,18-27,30-31H2. The summed E-state index contributed by atoms with van der Waals surface area (Å²) in [5.74, 6) is -3.08. The number of hydrogen-bond donors (Lipinski definition) is 0. The van der Waals surface area contributed by atoms with Crippen LogP contribution in [0.5, 0.6) is 0 Å². The molecule has 242 valence electrons. The van der Waals surface area contributed by atoms with Gasteiger partial charge < -0.3 is 0 Å². The number of allylic oxidation sites excluding steroid dienone is 1. The molecule has 0 heterocycles. The molecule has 1 atom stereocenters. The monoisotopic (exact) mass is 662 g/mol. The van der Waals surface area contributed by atoms with E-state index in [0.717, 1.165) is 17.0 Å². The van der Waals surface area contributed by atoms with E-state index < -0.39 is 13.2 Å². The maximum atomic E-state index is 9.59. The molecular formula is C39H62Cl2P2. The van der Waals surface area contributed by atoms with E-state index in [2.05, 4.69) is 42.5 Å². The topological polar surface area (TPSA) is 0 Å². The normalized spacial score (nSPS) is 29.2. The Morgan fingerprint density at radius 1 is 0.605 bits per heavy atom. The van der Waals surface area contributed by atoms with Crippen molar-refractivity contribution in [3.8, 4) is 0 Å². The molecule has 0 radical (unpaired) electrons. The summed E-state index contributed by atoms with van der Waals surface area (Å²) in [5, 5.41) is 0.622. The van der Waals surface area contributed by atoms with E-state index in [1.165, 1.54) is 160 Å². The van der Waals surface area contributed by atoms with Crippen LogP contribution in [0.25, 0.3) is 6.08 Å². The Balaban J connectivity index is 1.56. The van der Waals surface area contributed by atoms with Gasteiger partial charge in [-0.3, -0.25) is 0 Å². The van der Waals surface area contributed by atoms with Crippen LogP contribution in [0.3, 0.4) is 0 Å². The first-order valence-corrected chi connectivity index (χ1v) is 25.2. The molecule has 6 aliphatic carbocycles. The fourth-order valence-corrected chi connectivity index (χ4v) is 42.0. The van der Waals surface area contributed by atoms with Crippen molar-refractivity contribution in [3.05, 3.63) is 42.0 Å². The van der Waals surface area contributed by atoms with Gasteiger partial charge in [0.15, 0.2) is 0 Å². The van der Waals surface area contributed by atoms with Crippen LogP contribution < -0.4 is 0 Å².